The van der Waals surface area contributed by atoms with Crippen LogP contribution in [0.25, 0.3) is 33.2 Å². The fourth-order valence-corrected chi connectivity index (χ4v) is 3.54. The molecule has 2 heteroatoms. The maximum Gasteiger partial charge on any atom is 0.134 e. The largest absolute Gasteiger partial charge is 0.497 e. The van der Waals surface area contributed by atoms with Crippen molar-refractivity contribution in [2.24, 2.45) is 0 Å². The lowest BCUT2D eigenvalue weighted by Gasteiger charge is -2.07. The van der Waals surface area contributed by atoms with Gasteiger partial charge in [-0.1, -0.05) is 67.9 Å². The molecule has 0 atom stereocenters. The van der Waals surface area contributed by atoms with E-state index in [9.17, 15) is 0 Å². The van der Waals surface area contributed by atoms with Crippen molar-refractivity contribution in [3.63, 3.8) is 0 Å². The van der Waals surface area contributed by atoms with Crippen LogP contribution < -0.4 is 4.74 Å². The van der Waals surface area contributed by atoms with Gasteiger partial charge in [-0.15, -0.1) is 0 Å². The van der Waals surface area contributed by atoms with Gasteiger partial charge in [-0.25, -0.2) is 0 Å². The lowest BCUT2D eigenvalue weighted by Crippen LogP contribution is -1.87. The second kappa shape index (κ2) is 7.71. The Kier molecular flexibility index (Phi) is 4.97. The van der Waals surface area contributed by atoms with E-state index in [0.29, 0.717) is 0 Å². The molecule has 0 fully saturated rings. The van der Waals surface area contributed by atoms with Crippen LogP contribution in [0.1, 0.15) is 25.5 Å². The van der Waals surface area contributed by atoms with E-state index < -0.39 is 0 Å². The summed E-state index contributed by atoms with van der Waals surface area (Å²) in [6.07, 6.45) is 3.27. The maximum atomic E-state index is 6.18. The number of fused-ring (bicyclic) bond motifs is 1. The molecule has 4 rings (SSSR count). The first kappa shape index (κ1) is 17.4. The molecule has 0 amide bonds. The molecule has 2 nitrogen and oxygen atoms in total. The third-order valence-electron chi connectivity index (χ3n) is 5.02. The Balaban J connectivity index is 1.72. The standard InChI is InChI=1S/C25H24O2/c1-3-4-8-24-25(22-7-5-6-9-23(22)27-24)20-12-10-18(11-13-20)19-14-16-21(26-2)17-15-19/h5-7,9-17H,3-4,8H2,1-2H3. The van der Waals surface area contributed by atoms with Crippen molar-refractivity contribution in [2.75, 3.05) is 7.11 Å². The smallest absolute Gasteiger partial charge is 0.134 e. The molecule has 0 bridgehead atoms. The molecule has 0 saturated heterocycles. The Morgan fingerprint density at radius 2 is 1.41 bits per heavy atom. The molecule has 3 aromatic carbocycles. The van der Waals surface area contributed by atoms with Crippen LogP contribution in [0.2, 0.25) is 0 Å². The molecule has 0 spiro atoms. The number of benzene rings is 3. The van der Waals surface area contributed by atoms with E-state index in [1.165, 1.54) is 27.6 Å². The van der Waals surface area contributed by atoms with Crippen molar-refractivity contribution in [3.8, 4) is 28.0 Å². The number of methoxy groups -OCH3 is 1. The Labute approximate surface area is 160 Å². The van der Waals surface area contributed by atoms with Gasteiger partial charge >= 0.3 is 0 Å². The van der Waals surface area contributed by atoms with Gasteiger partial charge in [-0.2, -0.15) is 0 Å². The van der Waals surface area contributed by atoms with Gasteiger partial charge in [0, 0.05) is 17.4 Å². The predicted molar refractivity (Wildman–Crippen MR) is 112 cm³/mol. The average Bonchev–Trinajstić information content (AvgIpc) is 3.11. The minimum atomic E-state index is 0.876. The number of hydrogen-bond donors (Lipinski definition) is 0. The first-order chi connectivity index (χ1) is 13.3. The molecule has 0 saturated carbocycles. The molecule has 0 aliphatic rings. The molecular weight excluding hydrogens is 332 g/mol. The number of aryl methyl sites for hydroxylation is 1. The van der Waals surface area contributed by atoms with E-state index in [4.69, 9.17) is 9.15 Å². The molecule has 0 aliphatic carbocycles. The summed E-state index contributed by atoms with van der Waals surface area (Å²) < 4.78 is 11.4. The van der Waals surface area contributed by atoms with E-state index in [1.807, 2.05) is 18.2 Å². The van der Waals surface area contributed by atoms with Crippen LogP contribution in [0.3, 0.4) is 0 Å². The van der Waals surface area contributed by atoms with Gasteiger partial charge < -0.3 is 9.15 Å². The molecular formula is C25H24O2. The van der Waals surface area contributed by atoms with Gasteiger partial charge in [0.25, 0.3) is 0 Å². The minimum absolute atomic E-state index is 0.876. The first-order valence-corrected chi connectivity index (χ1v) is 9.55. The van der Waals surface area contributed by atoms with E-state index in [2.05, 4.69) is 61.5 Å². The summed E-state index contributed by atoms with van der Waals surface area (Å²) in [6, 6.07) is 25.3. The lowest BCUT2D eigenvalue weighted by molar-refractivity contribution is 0.415. The Hall–Kier alpha value is -3.00. The first-order valence-electron chi connectivity index (χ1n) is 9.55. The van der Waals surface area contributed by atoms with Crippen LogP contribution >= 0.6 is 0 Å². The van der Waals surface area contributed by atoms with Gasteiger partial charge in [0.15, 0.2) is 0 Å². The van der Waals surface area contributed by atoms with E-state index in [-0.39, 0.29) is 0 Å². The highest BCUT2D eigenvalue weighted by Crippen LogP contribution is 2.36. The van der Waals surface area contributed by atoms with Crippen LogP contribution in [0.5, 0.6) is 5.75 Å². The summed E-state index contributed by atoms with van der Waals surface area (Å²) >= 11 is 0. The highest BCUT2D eigenvalue weighted by molar-refractivity contribution is 5.96. The second-order valence-corrected chi connectivity index (χ2v) is 6.81. The average molecular weight is 356 g/mol. The zero-order valence-electron chi connectivity index (χ0n) is 15.9. The maximum absolute atomic E-state index is 6.18. The third kappa shape index (κ3) is 3.48. The quantitative estimate of drug-likeness (QED) is 0.367. The summed E-state index contributed by atoms with van der Waals surface area (Å²) in [7, 11) is 1.69. The van der Waals surface area contributed by atoms with Gasteiger partial charge in [0.1, 0.15) is 17.1 Å². The summed E-state index contributed by atoms with van der Waals surface area (Å²) in [4.78, 5) is 0. The fraction of sp³-hybridized carbons (Fsp3) is 0.200. The van der Waals surface area contributed by atoms with Crippen LogP contribution in [-0.4, -0.2) is 7.11 Å². The van der Waals surface area contributed by atoms with Gasteiger partial charge in [-0.05, 0) is 41.3 Å². The van der Waals surface area contributed by atoms with Crippen molar-refractivity contribution in [2.45, 2.75) is 26.2 Å². The monoisotopic (exact) mass is 356 g/mol. The summed E-state index contributed by atoms with van der Waals surface area (Å²) in [5.74, 6) is 1.97. The third-order valence-corrected chi connectivity index (χ3v) is 5.02. The minimum Gasteiger partial charge on any atom is -0.497 e. The van der Waals surface area contributed by atoms with Gasteiger partial charge in [0.05, 0.1) is 7.11 Å². The van der Waals surface area contributed by atoms with Crippen LogP contribution in [0.4, 0.5) is 0 Å². The normalized spacial score (nSPS) is 11.0. The zero-order valence-corrected chi connectivity index (χ0v) is 15.9. The van der Waals surface area contributed by atoms with E-state index >= 15 is 0 Å². The number of rotatable bonds is 6. The van der Waals surface area contributed by atoms with Crippen molar-refractivity contribution in [3.05, 3.63) is 78.6 Å². The second-order valence-electron chi connectivity index (χ2n) is 6.81. The summed E-state index contributed by atoms with van der Waals surface area (Å²) in [5.41, 5.74) is 5.80. The van der Waals surface area contributed by atoms with Crippen molar-refractivity contribution < 1.29 is 9.15 Å². The molecule has 27 heavy (non-hydrogen) atoms. The summed E-state index contributed by atoms with van der Waals surface area (Å²) in [5, 5.41) is 1.20. The molecule has 1 aromatic heterocycles. The molecule has 0 unspecified atom stereocenters. The number of para-hydroxylation sites is 1. The number of hydrogen-bond acceptors (Lipinski definition) is 2. The molecule has 0 N–H and O–H groups in total. The summed E-state index contributed by atoms with van der Waals surface area (Å²) in [6.45, 7) is 2.21. The molecule has 0 aliphatic heterocycles. The lowest BCUT2D eigenvalue weighted by atomic mass is 9.97. The van der Waals surface area contributed by atoms with Crippen molar-refractivity contribution in [1.29, 1.82) is 0 Å². The molecule has 1 heterocycles. The Bertz CT molecular complexity index is 1020. The van der Waals surface area contributed by atoms with Gasteiger partial charge in [-0.3, -0.25) is 0 Å². The van der Waals surface area contributed by atoms with Crippen LogP contribution in [0, 0.1) is 0 Å². The number of unbranched alkanes of at least 4 members (excludes halogenated alkanes) is 1. The molecule has 0 radical (unpaired) electrons. The fourth-order valence-electron chi connectivity index (χ4n) is 3.54. The van der Waals surface area contributed by atoms with E-state index in [0.717, 1.165) is 36.4 Å². The predicted octanol–water partition coefficient (Wildman–Crippen LogP) is 7.12. The highest BCUT2D eigenvalue weighted by Gasteiger charge is 2.15. The highest BCUT2D eigenvalue weighted by atomic mass is 16.5. The van der Waals surface area contributed by atoms with Crippen molar-refractivity contribution >= 4 is 11.0 Å². The van der Waals surface area contributed by atoms with Crippen molar-refractivity contribution in [1.82, 2.24) is 0 Å². The van der Waals surface area contributed by atoms with Crippen LogP contribution in [0.15, 0.2) is 77.2 Å². The molecule has 4 aromatic rings. The number of furan rings is 1. The topological polar surface area (TPSA) is 22.4 Å². The Morgan fingerprint density at radius 3 is 2.07 bits per heavy atom. The van der Waals surface area contributed by atoms with Crippen LogP contribution in [-0.2, 0) is 6.42 Å². The van der Waals surface area contributed by atoms with E-state index in [1.54, 1.807) is 7.11 Å². The Morgan fingerprint density at radius 1 is 0.778 bits per heavy atom. The SMILES string of the molecule is CCCCc1oc2ccccc2c1-c1ccc(-c2ccc(OC)cc2)cc1. The molecule has 136 valence electrons. The zero-order chi connectivity index (χ0) is 18.6. The number of ether oxygens (including phenoxy) is 1. The van der Waals surface area contributed by atoms with Gasteiger partial charge in [0.2, 0.25) is 0 Å².